The number of rotatable bonds is 23. The molecule has 3 fully saturated rings. The largest absolute Gasteiger partial charge is 0.478 e. The zero-order valence-corrected chi connectivity index (χ0v) is 56.3. The van der Waals surface area contributed by atoms with Crippen LogP contribution in [0.4, 0.5) is 14.4 Å². The molecule has 6 rings (SSSR count). The number of nitrogens with two attached hydrogens (primary N) is 1. The lowest BCUT2D eigenvalue weighted by Gasteiger charge is -2.43. The number of likely N-dealkylation sites (tertiary alicyclic amines) is 3. The van der Waals surface area contributed by atoms with Gasteiger partial charge < -0.3 is 69.3 Å². The van der Waals surface area contributed by atoms with Gasteiger partial charge in [0.05, 0.1) is 22.4 Å². The van der Waals surface area contributed by atoms with Crippen molar-refractivity contribution >= 4 is 46.1 Å². The smallest absolute Gasteiger partial charge is 0.410 e. The molecule has 0 spiro atoms. The Labute approximate surface area is 532 Å². The minimum absolute atomic E-state index is 0.0365. The Bertz CT molecular complexity index is 2550. The van der Waals surface area contributed by atoms with Crippen LogP contribution in [0.1, 0.15) is 196 Å². The van der Waals surface area contributed by atoms with Gasteiger partial charge in [-0.2, -0.15) is 0 Å². The molecule has 0 bridgehead atoms. The average Bonchev–Trinajstić information content (AvgIpc) is 1.16. The third-order valence-corrected chi connectivity index (χ3v) is 16.8. The van der Waals surface area contributed by atoms with Crippen LogP contribution < -0.4 is 5.73 Å². The molecule has 3 aliphatic rings. The zero-order chi connectivity index (χ0) is 65.5. The first-order valence-corrected chi connectivity index (χ1v) is 32.2. The van der Waals surface area contributed by atoms with E-state index in [-0.39, 0.29) is 41.6 Å². The number of methoxy groups -OCH3 is 3. The number of halogens is 1. The summed E-state index contributed by atoms with van der Waals surface area (Å²) in [5.74, 6) is -1.99. The molecule has 0 aliphatic carbocycles. The number of primary amides is 1. The minimum atomic E-state index is -1.24. The summed E-state index contributed by atoms with van der Waals surface area (Å²) in [4.78, 5) is 66.0. The summed E-state index contributed by atoms with van der Waals surface area (Å²) in [6.45, 7) is 21.7. The van der Waals surface area contributed by atoms with Gasteiger partial charge in [-0.25, -0.2) is 19.2 Å². The minimum Gasteiger partial charge on any atom is -0.478 e. The number of hydrogen-bond acceptors (Lipinski definition) is 14. The molecule has 0 aromatic heterocycles. The van der Waals surface area contributed by atoms with Gasteiger partial charge >= 0.3 is 24.2 Å². The molecule has 88 heavy (non-hydrogen) atoms. The Balaban J connectivity index is 0.000000283. The first kappa shape index (κ1) is 75.1. The van der Waals surface area contributed by atoms with Crippen LogP contribution in [-0.2, 0) is 45.2 Å². The predicted molar refractivity (Wildman–Crippen MR) is 343 cm³/mol. The fraction of sp³-hybridized carbons (Fsp3) is 0.662. The van der Waals surface area contributed by atoms with E-state index in [1.807, 2.05) is 92.6 Å². The fourth-order valence-electron chi connectivity index (χ4n) is 11.9. The Morgan fingerprint density at radius 1 is 0.489 bits per heavy atom. The van der Waals surface area contributed by atoms with Gasteiger partial charge in [0, 0.05) is 108 Å². The molecule has 20 heteroatoms. The first-order valence-electron chi connectivity index (χ1n) is 31.4. The Hall–Kier alpha value is -5.35. The number of ether oxygens (including phenoxy) is 6. The van der Waals surface area contributed by atoms with E-state index in [9.17, 15) is 44.4 Å². The van der Waals surface area contributed by atoms with Crippen LogP contribution >= 0.6 is 15.9 Å². The van der Waals surface area contributed by atoms with Crippen molar-refractivity contribution < 1.29 is 72.8 Å². The third kappa shape index (κ3) is 23.8. The summed E-state index contributed by atoms with van der Waals surface area (Å²) in [5.41, 5.74) is 3.01. The van der Waals surface area contributed by atoms with E-state index in [1.165, 1.54) is 6.07 Å². The van der Waals surface area contributed by atoms with Crippen LogP contribution in [0.2, 0.25) is 0 Å². The van der Waals surface area contributed by atoms with Crippen molar-refractivity contribution in [3.8, 4) is 0 Å². The van der Waals surface area contributed by atoms with Crippen molar-refractivity contribution in [1.82, 2.24) is 14.7 Å². The maximum Gasteiger partial charge on any atom is 0.410 e. The number of aromatic carboxylic acids is 1. The van der Waals surface area contributed by atoms with E-state index in [2.05, 4.69) is 15.9 Å². The van der Waals surface area contributed by atoms with Gasteiger partial charge in [0.2, 0.25) is 5.91 Å². The number of piperidine rings is 3. The number of nitrogens with zero attached hydrogens (tertiary/aromatic N) is 3. The molecule has 494 valence electrons. The molecular weight excluding hydrogens is 1190 g/mol. The molecule has 0 radical (unpaired) electrons. The molecule has 6 N–H and O–H groups in total. The fourth-order valence-corrected chi connectivity index (χ4v) is 12.3. The Kier molecular flexibility index (Phi) is 29.6. The maximum atomic E-state index is 12.6. The molecule has 6 atom stereocenters. The highest BCUT2D eigenvalue weighted by Gasteiger charge is 2.45. The standard InChI is InChI=1S/C23H36N2O5.C23H35NO6.C22H34BrNO4/c1-22(2,3)30-21(27)25-13-8-11-19(16-25)23(28,12-5-6-14-29-4)18-10-7-9-17(15-18)20(24)26;1-22(2,3)30-21(27)24-13-8-11-19(16-24)23(28,12-5-6-14-29-4)18-10-7-9-17(15-18)20(25)26;1-21(2,3)28-20(25)24-13-8-10-18(16-24)22(26,12-5-6-14-27-4)17-9-7-11-19(23)15-17/h7,9-10,15,19,28H,5-6,8,11-14,16H2,1-4H3,(H2,24,26);7,9-10,15,19,28H,5-6,8,11-14,16H2,1-4H3,(H,25,26);7,9,11,15,18,26H,5-6,8,10,12-14,16H2,1-4H3/t2*19-,23-;18-,22-/m111/s1. The number of benzene rings is 3. The van der Waals surface area contributed by atoms with Gasteiger partial charge in [-0.15, -0.1) is 0 Å². The molecule has 3 heterocycles. The van der Waals surface area contributed by atoms with Gasteiger partial charge in [0.1, 0.15) is 16.8 Å². The molecule has 3 aromatic carbocycles. The second kappa shape index (κ2) is 34.7. The van der Waals surface area contributed by atoms with E-state index in [4.69, 9.17) is 34.2 Å². The summed E-state index contributed by atoms with van der Waals surface area (Å²) in [5, 5.41) is 44.9. The van der Waals surface area contributed by atoms with Crippen LogP contribution in [0.15, 0.2) is 77.3 Å². The molecule has 19 nitrogen and oxygen atoms in total. The number of amides is 4. The van der Waals surface area contributed by atoms with E-state index in [1.54, 1.807) is 72.4 Å². The number of carbonyl (C=O) groups excluding carboxylic acids is 4. The highest BCUT2D eigenvalue weighted by molar-refractivity contribution is 9.10. The monoisotopic (exact) mass is 1300 g/mol. The molecular formula is C68H105BrN4O15. The van der Waals surface area contributed by atoms with Gasteiger partial charge in [0.25, 0.3) is 0 Å². The van der Waals surface area contributed by atoms with E-state index >= 15 is 0 Å². The van der Waals surface area contributed by atoms with E-state index in [0.717, 1.165) is 87.1 Å². The number of carboxylic acid groups (broad SMARTS) is 1. The molecule has 0 unspecified atom stereocenters. The molecule has 3 saturated heterocycles. The van der Waals surface area contributed by atoms with Gasteiger partial charge in [-0.3, -0.25) is 4.79 Å². The van der Waals surface area contributed by atoms with Crippen molar-refractivity contribution in [2.45, 2.75) is 192 Å². The number of carbonyl (C=O) groups is 5. The summed E-state index contributed by atoms with van der Waals surface area (Å²) in [6.07, 6.45) is 10.2. The van der Waals surface area contributed by atoms with Gasteiger partial charge in [-0.1, -0.05) is 52.3 Å². The van der Waals surface area contributed by atoms with Crippen LogP contribution in [0, 0.1) is 17.8 Å². The number of carboxylic acids is 1. The predicted octanol–water partition coefficient (Wildman–Crippen LogP) is 12.6. The highest BCUT2D eigenvalue weighted by Crippen LogP contribution is 2.44. The second-order valence-electron chi connectivity index (χ2n) is 26.8. The van der Waals surface area contributed by atoms with E-state index in [0.29, 0.717) is 95.0 Å². The lowest BCUT2D eigenvalue weighted by Crippen LogP contribution is -2.49. The number of hydrogen-bond donors (Lipinski definition) is 5. The van der Waals surface area contributed by atoms with Gasteiger partial charge in [0.15, 0.2) is 0 Å². The molecule has 4 amide bonds. The lowest BCUT2D eigenvalue weighted by molar-refractivity contribution is -0.0648. The van der Waals surface area contributed by atoms with E-state index < -0.39 is 45.5 Å². The normalized spacial score (nSPS) is 19.5. The van der Waals surface area contributed by atoms with Crippen LogP contribution in [0.5, 0.6) is 0 Å². The van der Waals surface area contributed by atoms with Gasteiger partial charge in [-0.05, 0) is 212 Å². The number of unbranched alkanes of at least 4 members (excludes halogenated alkanes) is 3. The molecule has 3 aromatic rings. The van der Waals surface area contributed by atoms with Crippen molar-refractivity contribution in [1.29, 1.82) is 0 Å². The summed E-state index contributed by atoms with van der Waals surface area (Å²) < 4.78 is 33.0. The van der Waals surface area contributed by atoms with Crippen LogP contribution in [-0.4, -0.2) is 163 Å². The third-order valence-electron chi connectivity index (χ3n) is 16.3. The van der Waals surface area contributed by atoms with Crippen molar-refractivity contribution in [2.24, 2.45) is 23.5 Å². The Morgan fingerprint density at radius 3 is 1.09 bits per heavy atom. The zero-order valence-electron chi connectivity index (χ0n) is 54.7. The van der Waals surface area contributed by atoms with Crippen LogP contribution in [0.3, 0.4) is 0 Å². The highest BCUT2D eigenvalue weighted by atomic mass is 79.9. The quantitative estimate of drug-likeness (QED) is 0.0437. The maximum absolute atomic E-state index is 12.6. The van der Waals surface area contributed by atoms with Crippen molar-refractivity contribution in [3.05, 3.63) is 105 Å². The summed E-state index contributed by atoms with van der Waals surface area (Å²) in [6, 6.07) is 21.3. The average molecular weight is 1300 g/mol. The summed E-state index contributed by atoms with van der Waals surface area (Å²) >= 11 is 3.52. The van der Waals surface area contributed by atoms with Crippen LogP contribution in [0.25, 0.3) is 0 Å². The summed E-state index contributed by atoms with van der Waals surface area (Å²) in [7, 11) is 4.99. The SMILES string of the molecule is COCCCC[C@@](O)(c1cccc(Br)c1)[C@@H]1CCCN(C(=O)OC(C)(C)C)C1.COCCCC[C@@](O)(c1cccc(C(=O)O)c1)[C@@H]1CCCN(C(=O)OC(C)(C)C)C1.COCCCC[C@@](O)(c1cccc(C(N)=O)c1)[C@@H]1CCCN(C(=O)OC(C)(C)C)C1. The topological polar surface area (TPSA) is 257 Å². The number of aliphatic hydroxyl groups is 3. The lowest BCUT2D eigenvalue weighted by atomic mass is 9.74. The second-order valence-corrected chi connectivity index (χ2v) is 27.7. The first-order chi connectivity index (χ1) is 41.3. The Morgan fingerprint density at radius 2 is 0.795 bits per heavy atom. The molecule has 0 saturated carbocycles. The van der Waals surface area contributed by atoms with Crippen molar-refractivity contribution in [3.63, 3.8) is 0 Å². The van der Waals surface area contributed by atoms with Crippen molar-refractivity contribution in [2.75, 3.05) is 80.4 Å². The molecule has 3 aliphatic heterocycles.